The third-order valence-electron chi connectivity index (χ3n) is 4.71. The maximum absolute atomic E-state index is 13.3. The average Bonchev–Trinajstić information content (AvgIpc) is 3.15. The SMILES string of the molecule is CC(C)SNC1Cc2ccc(Cn3cc(C(C)(C)O)c(C(F)(F)F)n3)cc2C1. The molecule has 1 unspecified atom stereocenters. The molecule has 0 bridgehead atoms. The molecule has 1 atom stereocenters. The highest BCUT2D eigenvalue weighted by Gasteiger charge is 2.41. The topological polar surface area (TPSA) is 50.1 Å². The predicted octanol–water partition coefficient (Wildman–Crippen LogP) is 4.29. The van der Waals surface area contributed by atoms with Crippen molar-refractivity contribution in [2.45, 2.75) is 70.2 Å². The Kier molecular flexibility index (Phi) is 5.85. The van der Waals surface area contributed by atoms with Crippen LogP contribution in [0.15, 0.2) is 24.4 Å². The summed E-state index contributed by atoms with van der Waals surface area (Å²) in [6.07, 6.45) is -1.45. The van der Waals surface area contributed by atoms with Gasteiger partial charge in [0.25, 0.3) is 0 Å². The minimum Gasteiger partial charge on any atom is -0.386 e. The highest BCUT2D eigenvalue weighted by atomic mass is 32.2. The largest absolute Gasteiger partial charge is 0.435 e. The van der Waals surface area contributed by atoms with Crippen molar-refractivity contribution in [1.82, 2.24) is 14.5 Å². The Labute approximate surface area is 167 Å². The van der Waals surface area contributed by atoms with E-state index in [-0.39, 0.29) is 12.1 Å². The summed E-state index contributed by atoms with van der Waals surface area (Å²) in [4.78, 5) is 0. The number of alkyl halides is 3. The van der Waals surface area contributed by atoms with Crippen molar-refractivity contribution in [2.75, 3.05) is 0 Å². The second-order valence-electron chi connectivity index (χ2n) is 8.14. The molecule has 8 heteroatoms. The van der Waals surface area contributed by atoms with Crippen LogP contribution in [0.25, 0.3) is 0 Å². The number of hydrogen-bond donors (Lipinski definition) is 2. The van der Waals surface area contributed by atoms with Crippen LogP contribution < -0.4 is 4.72 Å². The molecule has 28 heavy (non-hydrogen) atoms. The molecule has 154 valence electrons. The van der Waals surface area contributed by atoms with Gasteiger partial charge in [0.15, 0.2) is 5.69 Å². The molecule has 1 aliphatic rings. The summed E-state index contributed by atoms with van der Waals surface area (Å²) < 4.78 is 44.6. The average molecular weight is 414 g/mol. The number of aliphatic hydroxyl groups is 1. The smallest absolute Gasteiger partial charge is 0.386 e. The van der Waals surface area contributed by atoms with Gasteiger partial charge in [-0.3, -0.25) is 9.40 Å². The summed E-state index contributed by atoms with van der Waals surface area (Å²) in [7, 11) is 0. The third kappa shape index (κ3) is 4.90. The Morgan fingerprint density at radius 2 is 1.93 bits per heavy atom. The zero-order valence-electron chi connectivity index (χ0n) is 16.5. The van der Waals surface area contributed by atoms with E-state index in [1.165, 1.54) is 35.9 Å². The predicted molar refractivity (Wildman–Crippen MR) is 105 cm³/mol. The lowest BCUT2D eigenvalue weighted by atomic mass is 9.99. The monoisotopic (exact) mass is 413 g/mol. The molecule has 2 aromatic rings. The summed E-state index contributed by atoms with van der Waals surface area (Å²) in [6.45, 7) is 7.17. The fourth-order valence-electron chi connectivity index (χ4n) is 3.43. The van der Waals surface area contributed by atoms with Gasteiger partial charge in [-0.1, -0.05) is 44.0 Å². The summed E-state index contributed by atoms with van der Waals surface area (Å²) in [6, 6.07) is 6.42. The second kappa shape index (κ2) is 7.72. The molecule has 0 amide bonds. The second-order valence-corrected chi connectivity index (χ2v) is 9.55. The molecule has 0 saturated carbocycles. The Bertz CT molecular complexity index is 809. The van der Waals surface area contributed by atoms with E-state index >= 15 is 0 Å². The van der Waals surface area contributed by atoms with Crippen molar-refractivity contribution in [3.63, 3.8) is 0 Å². The maximum Gasteiger partial charge on any atom is 0.435 e. The molecule has 1 heterocycles. The van der Waals surface area contributed by atoms with Crippen LogP contribution in [0, 0.1) is 0 Å². The van der Waals surface area contributed by atoms with Crippen LogP contribution in [0.2, 0.25) is 0 Å². The lowest BCUT2D eigenvalue weighted by Gasteiger charge is -2.17. The van der Waals surface area contributed by atoms with Gasteiger partial charge in [-0.05, 0) is 43.4 Å². The van der Waals surface area contributed by atoms with Crippen molar-refractivity contribution >= 4 is 11.9 Å². The van der Waals surface area contributed by atoms with Crippen molar-refractivity contribution in [1.29, 1.82) is 0 Å². The van der Waals surface area contributed by atoms with Crippen molar-refractivity contribution < 1.29 is 18.3 Å². The zero-order valence-corrected chi connectivity index (χ0v) is 17.3. The third-order valence-corrected chi connectivity index (χ3v) is 5.65. The molecule has 0 saturated heterocycles. The first kappa shape index (κ1) is 21.2. The zero-order chi connectivity index (χ0) is 20.7. The standard InChI is InChI=1S/C20H26F3N3OS/c1-12(2)28-25-16-8-14-6-5-13(7-15(14)9-16)10-26-11-17(19(3,4)27)18(24-26)20(21,22)23/h5-7,11-12,16,25,27H,8-10H2,1-4H3. The Morgan fingerprint density at radius 3 is 2.50 bits per heavy atom. The van der Waals surface area contributed by atoms with E-state index < -0.39 is 17.5 Å². The number of nitrogens with zero attached hydrogens (tertiary/aromatic N) is 2. The summed E-state index contributed by atoms with van der Waals surface area (Å²) >= 11 is 1.72. The molecule has 0 radical (unpaired) electrons. The molecule has 1 aromatic heterocycles. The van der Waals surface area contributed by atoms with Crippen LogP contribution in [-0.4, -0.2) is 26.2 Å². The van der Waals surface area contributed by atoms with Gasteiger partial charge in [-0.15, -0.1) is 0 Å². The first-order valence-corrected chi connectivity index (χ1v) is 10.2. The Morgan fingerprint density at radius 1 is 1.25 bits per heavy atom. The van der Waals surface area contributed by atoms with E-state index in [0.717, 1.165) is 18.4 Å². The molecular weight excluding hydrogens is 387 g/mol. The molecule has 3 rings (SSSR count). The normalized spacial score (nSPS) is 17.4. The van der Waals surface area contributed by atoms with E-state index in [1.54, 1.807) is 11.9 Å². The van der Waals surface area contributed by atoms with Crippen LogP contribution in [0.4, 0.5) is 13.2 Å². The molecular formula is C20H26F3N3OS. The molecule has 1 aliphatic carbocycles. The van der Waals surface area contributed by atoms with Gasteiger partial charge in [-0.2, -0.15) is 18.3 Å². The van der Waals surface area contributed by atoms with Crippen LogP contribution >= 0.6 is 11.9 Å². The summed E-state index contributed by atoms with van der Waals surface area (Å²) in [5.41, 5.74) is 0.541. The van der Waals surface area contributed by atoms with Gasteiger partial charge in [0.05, 0.1) is 12.1 Å². The van der Waals surface area contributed by atoms with E-state index in [1.807, 2.05) is 6.07 Å². The molecule has 4 nitrogen and oxygen atoms in total. The number of hydrogen-bond acceptors (Lipinski definition) is 4. The van der Waals surface area contributed by atoms with E-state index in [9.17, 15) is 18.3 Å². The highest BCUT2D eigenvalue weighted by molar-refractivity contribution is 7.98. The van der Waals surface area contributed by atoms with Crippen LogP contribution in [0.1, 0.15) is 55.6 Å². The van der Waals surface area contributed by atoms with Crippen molar-refractivity contribution in [3.8, 4) is 0 Å². The van der Waals surface area contributed by atoms with Gasteiger partial charge in [-0.25, -0.2) is 0 Å². The van der Waals surface area contributed by atoms with Crippen molar-refractivity contribution in [2.24, 2.45) is 0 Å². The Balaban J connectivity index is 1.78. The van der Waals surface area contributed by atoms with Crippen molar-refractivity contribution in [3.05, 3.63) is 52.3 Å². The molecule has 1 aromatic carbocycles. The van der Waals surface area contributed by atoms with E-state index in [0.29, 0.717) is 11.3 Å². The van der Waals surface area contributed by atoms with Crippen LogP contribution in [0.5, 0.6) is 0 Å². The van der Waals surface area contributed by atoms with Crippen LogP contribution in [0.3, 0.4) is 0 Å². The van der Waals surface area contributed by atoms with Gasteiger partial charge >= 0.3 is 6.18 Å². The quantitative estimate of drug-likeness (QED) is 0.694. The molecule has 0 spiro atoms. The molecule has 0 aliphatic heterocycles. The fraction of sp³-hybridized carbons (Fsp3) is 0.550. The minimum absolute atomic E-state index is 0.212. The first-order valence-electron chi connectivity index (χ1n) is 9.33. The summed E-state index contributed by atoms with van der Waals surface area (Å²) in [5, 5.41) is 14.3. The number of fused-ring (bicyclic) bond motifs is 1. The number of aromatic nitrogens is 2. The summed E-state index contributed by atoms with van der Waals surface area (Å²) in [5.74, 6) is 0. The lowest BCUT2D eigenvalue weighted by Crippen LogP contribution is -2.24. The van der Waals surface area contributed by atoms with Crippen LogP contribution in [-0.2, 0) is 31.2 Å². The number of benzene rings is 1. The number of rotatable bonds is 6. The van der Waals surface area contributed by atoms with Gasteiger partial charge in [0.1, 0.15) is 0 Å². The fourth-order valence-corrected chi connectivity index (χ4v) is 4.06. The van der Waals surface area contributed by atoms with Gasteiger partial charge in [0, 0.05) is 23.1 Å². The van der Waals surface area contributed by atoms with E-state index in [2.05, 4.69) is 35.8 Å². The minimum atomic E-state index is -4.61. The number of halogens is 3. The molecule has 0 fully saturated rings. The van der Waals surface area contributed by atoms with Gasteiger partial charge < -0.3 is 5.11 Å². The highest BCUT2D eigenvalue weighted by Crippen LogP contribution is 2.35. The number of nitrogens with one attached hydrogen (secondary N) is 1. The molecule has 2 N–H and O–H groups in total. The van der Waals surface area contributed by atoms with Gasteiger partial charge in [0.2, 0.25) is 0 Å². The van der Waals surface area contributed by atoms with E-state index in [4.69, 9.17) is 0 Å². The Hall–Kier alpha value is -1.51. The first-order chi connectivity index (χ1) is 12.9. The maximum atomic E-state index is 13.3. The lowest BCUT2D eigenvalue weighted by molar-refractivity contribution is -0.144.